The lowest BCUT2D eigenvalue weighted by atomic mass is 10.2. The highest BCUT2D eigenvalue weighted by molar-refractivity contribution is 7.51. The first-order valence-corrected chi connectivity index (χ1v) is 8.39. The van der Waals surface area contributed by atoms with Crippen LogP contribution in [0, 0.1) is 22.7 Å². The molecule has 22 heavy (non-hydrogen) atoms. The van der Waals surface area contributed by atoms with Crippen molar-refractivity contribution in [2.24, 2.45) is 5.10 Å². The summed E-state index contributed by atoms with van der Waals surface area (Å²) in [4.78, 5) is 9.80. The van der Waals surface area contributed by atoms with Crippen LogP contribution in [0.1, 0.15) is 25.8 Å². The summed E-state index contributed by atoms with van der Waals surface area (Å²) in [7, 11) is -3.68. The van der Waals surface area contributed by atoms with E-state index in [2.05, 4.69) is 10.5 Å². The summed E-state index contributed by atoms with van der Waals surface area (Å²) in [5.74, 6) is 0. The lowest BCUT2D eigenvalue weighted by Crippen LogP contribution is -2.05. The van der Waals surface area contributed by atoms with Gasteiger partial charge in [0.25, 0.3) is 0 Å². The molecule has 116 valence electrons. The van der Waals surface area contributed by atoms with Crippen molar-refractivity contribution in [3.63, 3.8) is 0 Å². The third kappa shape index (κ3) is 6.07. The van der Waals surface area contributed by atoms with Crippen molar-refractivity contribution in [3.8, 4) is 12.1 Å². The van der Waals surface area contributed by atoms with Gasteiger partial charge in [0.2, 0.25) is 5.71 Å². The molecule has 0 aromatic heterocycles. The number of anilines is 1. The molecule has 0 saturated heterocycles. The number of hydrogen-bond donors (Lipinski definition) is 2. The molecule has 2 unspecified atom stereocenters. The second kappa shape index (κ2) is 8.31. The molecule has 8 heteroatoms. The molecule has 1 aromatic carbocycles. The smallest absolute Gasteiger partial charge is 0.324 e. The van der Waals surface area contributed by atoms with Crippen molar-refractivity contribution in [2.45, 2.75) is 32.5 Å². The molecule has 0 fully saturated rings. The van der Waals surface area contributed by atoms with Crippen LogP contribution in [0.15, 0.2) is 29.4 Å². The normalized spacial score (nSPS) is 14.0. The zero-order chi connectivity index (χ0) is 16.6. The Kier molecular flexibility index (Phi) is 6.75. The highest BCUT2D eigenvalue weighted by Crippen LogP contribution is 2.47. The van der Waals surface area contributed by atoms with Gasteiger partial charge in [0.1, 0.15) is 12.1 Å². The number of rotatable bonds is 7. The van der Waals surface area contributed by atoms with Crippen LogP contribution in [0.5, 0.6) is 0 Å². The van der Waals surface area contributed by atoms with Crippen LogP contribution in [0.3, 0.4) is 0 Å². The van der Waals surface area contributed by atoms with E-state index in [9.17, 15) is 9.46 Å². The third-order valence-electron chi connectivity index (χ3n) is 2.76. The summed E-state index contributed by atoms with van der Waals surface area (Å²) in [6, 6.07) is 9.83. The predicted octanol–water partition coefficient (Wildman–Crippen LogP) is 3.00. The SMILES string of the molecule is CCC(C)OP(=O)(O)Cc1ccc(NN=C(C#N)C#N)cc1. The number of nitrogens with one attached hydrogen (secondary N) is 1. The van der Waals surface area contributed by atoms with Crippen molar-refractivity contribution in [1.82, 2.24) is 0 Å². The standard InChI is InChI=1S/C14H17N4O3P/c1-3-11(2)21-22(19,20)10-12-4-6-13(7-5-12)17-18-14(8-15)9-16/h4-7,11,17H,3,10H2,1-2H3,(H,19,20). The van der Waals surface area contributed by atoms with E-state index in [1.807, 2.05) is 6.92 Å². The lowest BCUT2D eigenvalue weighted by Gasteiger charge is -2.16. The Morgan fingerprint density at radius 2 is 2.00 bits per heavy atom. The van der Waals surface area contributed by atoms with E-state index in [1.54, 1.807) is 43.3 Å². The fourth-order valence-electron chi connectivity index (χ4n) is 1.50. The molecule has 0 heterocycles. The summed E-state index contributed by atoms with van der Waals surface area (Å²) in [6.45, 7) is 3.62. The van der Waals surface area contributed by atoms with E-state index in [1.165, 1.54) is 0 Å². The first-order chi connectivity index (χ1) is 10.4. The van der Waals surface area contributed by atoms with E-state index in [4.69, 9.17) is 15.0 Å². The number of hydrazone groups is 1. The molecular formula is C14H17N4O3P. The second-order valence-electron chi connectivity index (χ2n) is 4.61. The van der Waals surface area contributed by atoms with Gasteiger partial charge in [-0.3, -0.25) is 9.99 Å². The first-order valence-electron chi connectivity index (χ1n) is 6.63. The monoisotopic (exact) mass is 320 g/mol. The van der Waals surface area contributed by atoms with E-state index >= 15 is 0 Å². The molecule has 0 aliphatic carbocycles. The molecule has 0 aliphatic rings. The summed E-state index contributed by atoms with van der Waals surface area (Å²) < 4.78 is 17.1. The van der Waals surface area contributed by atoms with Gasteiger partial charge in [0.05, 0.1) is 18.0 Å². The van der Waals surface area contributed by atoms with Gasteiger partial charge in [-0.15, -0.1) is 0 Å². The summed E-state index contributed by atoms with van der Waals surface area (Å²) in [6.07, 6.45) is 0.301. The summed E-state index contributed by atoms with van der Waals surface area (Å²) in [5, 5.41) is 20.7. The van der Waals surface area contributed by atoms with Crippen molar-refractivity contribution in [1.29, 1.82) is 10.5 Å². The minimum Gasteiger partial charge on any atom is -0.324 e. The molecule has 0 amide bonds. The molecule has 0 saturated carbocycles. The van der Waals surface area contributed by atoms with Crippen LogP contribution >= 0.6 is 7.60 Å². The van der Waals surface area contributed by atoms with E-state index in [0.717, 1.165) is 0 Å². The van der Waals surface area contributed by atoms with E-state index in [0.29, 0.717) is 17.7 Å². The summed E-state index contributed by atoms with van der Waals surface area (Å²) >= 11 is 0. The maximum atomic E-state index is 12.0. The maximum Gasteiger partial charge on any atom is 0.332 e. The van der Waals surface area contributed by atoms with Crippen molar-refractivity contribution in [2.75, 3.05) is 5.43 Å². The van der Waals surface area contributed by atoms with E-state index in [-0.39, 0.29) is 18.0 Å². The van der Waals surface area contributed by atoms with Gasteiger partial charge in [-0.1, -0.05) is 19.1 Å². The average Bonchev–Trinajstić information content (AvgIpc) is 2.49. The minimum atomic E-state index is -3.68. The van der Waals surface area contributed by atoms with Gasteiger partial charge in [-0.05, 0) is 31.0 Å². The number of nitrogens with zero attached hydrogens (tertiary/aromatic N) is 3. The largest absolute Gasteiger partial charge is 0.332 e. The third-order valence-corrected chi connectivity index (χ3v) is 4.22. The van der Waals surface area contributed by atoms with Crippen LogP contribution in [-0.4, -0.2) is 16.7 Å². The Balaban J connectivity index is 2.70. The lowest BCUT2D eigenvalue weighted by molar-refractivity contribution is 0.185. The van der Waals surface area contributed by atoms with Gasteiger partial charge in [-0.2, -0.15) is 15.6 Å². The van der Waals surface area contributed by atoms with E-state index < -0.39 is 7.60 Å². The molecule has 0 spiro atoms. The Labute approximate surface area is 129 Å². The van der Waals surface area contributed by atoms with Gasteiger partial charge in [-0.25, -0.2) is 0 Å². The van der Waals surface area contributed by atoms with Crippen molar-refractivity contribution in [3.05, 3.63) is 29.8 Å². The average molecular weight is 320 g/mol. The Morgan fingerprint density at radius 3 is 2.50 bits per heavy atom. The number of hydrogen-bond acceptors (Lipinski definition) is 6. The van der Waals surface area contributed by atoms with Crippen LogP contribution in [0.2, 0.25) is 0 Å². The fourth-order valence-corrected chi connectivity index (χ4v) is 2.96. The molecule has 0 radical (unpaired) electrons. The van der Waals surface area contributed by atoms with Crippen LogP contribution in [0.25, 0.3) is 0 Å². The Bertz CT molecular complexity index is 642. The van der Waals surface area contributed by atoms with Gasteiger partial charge in [0.15, 0.2) is 0 Å². The molecule has 0 aliphatic heterocycles. The zero-order valence-corrected chi connectivity index (χ0v) is 13.2. The second-order valence-corrected chi connectivity index (χ2v) is 6.41. The molecular weight excluding hydrogens is 303 g/mol. The number of benzene rings is 1. The first kappa shape index (κ1) is 17.9. The van der Waals surface area contributed by atoms with Gasteiger partial charge >= 0.3 is 7.60 Å². The maximum absolute atomic E-state index is 12.0. The number of nitriles is 2. The Hall–Kier alpha value is -2.18. The Morgan fingerprint density at radius 1 is 1.41 bits per heavy atom. The highest BCUT2D eigenvalue weighted by atomic mass is 31.2. The summed E-state index contributed by atoms with van der Waals surface area (Å²) in [5.41, 5.74) is 3.47. The molecule has 2 N–H and O–H groups in total. The quantitative estimate of drug-likeness (QED) is 0.453. The van der Waals surface area contributed by atoms with Crippen molar-refractivity contribution < 1.29 is 14.0 Å². The van der Waals surface area contributed by atoms with Gasteiger partial charge in [0, 0.05) is 0 Å². The zero-order valence-electron chi connectivity index (χ0n) is 12.4. The fraction of sp³-hybridized carbons (Fsp3) is 0.357. The van der Waals surface area contributed by atoms with Crippen LogP contribution < -0.4 is 5.43 Å². The molecule has 7 nitrogen and oxygen atoms in total. The minimum absolute atomic E-state index is 0.0808. The predicted molar refractivity (Wildman–Crippen MR) is 83.1 cm³/mol. The topological polar surface area (TPSA) is 118 Å². The van der Waals surface area contributed by atoms with Crippen LogP contribution in [0.4, 0.5) is 5.69 Å². The molecule has 0 bridgehead atoms. The molecule has 2 atom stereocenters. The van der Waals surface area contributed by atoms with Crippen LogP contribution in [-0.2, 0) is 15.3 Å². The molecule has 1 aromatic rings. The molecule has 1 rings (SSSR count). The highest BCUT2D eigenvalue weighted by Gasteiger charge is 2.22. The van der Waals surface area contributed by atoms with Crippen molar-refractivity contribution >= 4 is 19.0 Å². The van der Waals surface area contributed by atoms with Gasteiger partial charge < -0.3 is 9.42 Å².